The third kappa shape index (κ3) is 2.97. The summed E-state index contributed by atoms with van der Waals surface area (Å²) >= 11 is 0. The lowest BCUT2D eigenvalue weighted by Gasteiger charge is -2.36. The van der Waals surface area contributed by atoms with Crippen molar-refractivity contribution in [3.8, 4) is 0 Å². The zero-order valence-electron chi connectivity index (χ0n) is 11.6. The molecule has 1 saturated heterocycles. The monoisotopic (exact) mass is 283 g/mol. The van der Waals surface area contributed by atoms with E-state index in [4.69, 9.17) is 5.11 Å². The van der Waals surface area contributed by atoms with Crippen molar-refractivity contribution in [3.63, 3.8) is 0 Å². The average molecular weight is 283 g/mol. The summed E-state index contributed by atoms with van der Waals surface area (Å²) in [6.07, 6.45) is 1.80. The number of hydrogen-bond acceptors (Lipinski definition) is 4. The molecule has 108 valence electrons. The number of carboxylic acids is 1. The van der Waals surface area contributed by atoms with Gasteiger partial charge < -0.3 is 14.9 Å². The molecule has 0 radical (unpaired) electrons. The smallest absolute Gasteiger partial charge is 0.335 e. The number of pyridine rings is 1. The molecule has 1 N–H and O–H groups in total. The maximum Gasteiger partial charge on any atom is 0.335 e. The molecule has 3 rings (SSSR count). The highest BCUT2D eigenvalue weighted by molar-refractivity contribution is 5.88. The molecular weight excluding hydrogens is 266 g/mol. The fourth-order valence-electron chi connectivity index (χ4n) is 2.57. The van der Waals surface area contributed by atoms with Crippen molar-refractivity contribution in [1.82, 2.24) is 4.98 Å². The Bertz CT molecular complexity index is 622. The standard InChI is InChI=1S/C16H17N3O2/c20-16(21)13-4-3-5-14(12-13)18-8-10-19(11-9-18)15-6-1-2-7-17-15/h1-7,12H,8-11H2,(H,20,21). The molecule has 2 aromatic rings. The minimum Gasteiger partial charge on any atom is -0.478 e. The predicted octanol–water partition coefficient (Wildman–Crippen LogP) is 2.11. The van der Waals surface area contributed by atoms with E-state index in [9.17, 15) is 4.79 Å². The van der Waals surface area contributed by atoms with Gasteiger partial charge in [0, 0.05) is 38.1 Å². The number of anilines is 2. The molecule has 5 nitrogen and oxygen atoms in total. The molecule has 1 aromatic carbocycles. The van der Waals surface area contributed by atoms with Gasteiger partial charge in [0.2, 0.25) is 0 Å². The van der Waals surface area contributed by atoms with E-state index >= 15 is 0 Å². The number of benzene rings is 1. The number of hydrogen-bond donors (Lipinski definition) is 1. The summed E-state index contributed by atoms with van der Waals surface area (Å²) in [5.41, 5.74) is 1.30. The van der Waals surface area contributed by atoms with Gasteiger partial charge in [-0.3, -0.25) is 0 Å². The first-order valence-electron chi connectivity index (χ1n) is 6.98. The molecular formula is C16H17N3O2. The predicted molar refractivity (Wildman–Crippen MR) is 82.1 cm³/mol. The van der Waals surface area contributed by atoms with Crippen LogP contribution in [-0.4, -0.2) is 42.2 Å². The van der Waals surface area contributed by atoms with E-state index in [1.165, 1.54) is 0 Å². The Morgan fingerprint density at radius 2 is 1.76 bits per heavy atom. The second kappa shape index (κ2) is 5.83. The number of carbonyl (C=O) groups is 1. The Balaban J connectivity index is 1.68. The Hall–Kier alpha value is -2.56. The van der Waals surface area contributed by atoms with Gasteiger partial charge in [0.15, 0.2) is 0 Å². The van der Waals surface area contributed by atoms with Crippen LogP contribution >= 0.6 is 0 Å². The molecule has 0 bridgehead atoms. The summed E-state index contributed by atoms with van der Waals surface area (Å²) in [7, 11) is 0. The second-order valence-corrected chi connectivity index (χ2v) is 5.02. The Labute approximate surface area is 123 Å². The van der Waals surface area contributed by atoms with Crippen LogP contribution in [0.3, 0.4) is 0 Å². The third-order valence-electron chi connectivity index (χ3n) is 3.71. The Morgan fingerprint density at radius 3 is 2.43 bits per heavy atom. The highest BCUT2D eigenvalue weighted by Crippen LogP contribution is 2.20. The van der Waals surface area contributed by atoms with Crippen molar-refractivity contribution in [2.45, 2.75) is 0 Å². The fraction of sp³-hybridized carbons (Fsp3) is 0.250. The molecule has 0 unspecified atom stereocenters. The van der Waals surface area contributed by atoms with Crippen LogP contribution in [0.5, 0.6) is 0 Å². The minimum atomic E-state index is -0.885. The number of aromatic carboxylic acids is 1. The number of rotatable bonds is 3. The molecule has 0 spiro atoms. The third-order valence-corrected chi connectivity index (χ3v) is 3.71. The van der Waals surface area contributed by atoms with Gasteiger partial charge in [0.25, 0.3) is 0 Å². The van der Waals surface area contributed by atoms with Gasteiger partial charge in [-0.2, -0.15) is 0 Å². The van der Waals surface area contributed by atoms with Crippen LogP contribution in [0.4, 0.5) is 11.5 Å². The van der Waals surface area contributed by atoms with Crippen LogP contribution in [0.25, 0.3) is 0 Å². The molecule has 21 heavy (non-hydrogen) atoms. The molecule has 5 heteroatoms. The molecule has 1 aliphatic heterocycles. The number of piperazine rings is 1. The second-order valence-electron chi connectivity index (χ2n) is 5.02. The van der Waals surface area contributed by atoms with Crippen molar-refractivity contribution in [3.05, 3.63) is 54.2 Å². The largest absolute Gasteiger partial charge is 0.478 e. The van der Waals surface area contributed by atoms with E-state index in [0.717, 1.165) is 37.7 Å². The van der Waals surface area contributed by atoms with Gasteiger partial charge >= 0.3 is 5.97 Å². The lowest BCUT2D eigenvalue weighted by molar-refractivity contribution is 0.0697. The first-order valence-corrected chi connectivity index (χ1v) is 6.98. The number of carboxylic acid groups (broad SMARTS) is 1. The van der Waals surface area contributed by atoms with Crippen molar-refractivity contribution >= 4 is 17.5 Å². The molecule has 0 atom stereocenters. The maximum atomic E-state index is 11.0. The normalized spacial score (nSPS) is 15.0. The van der Waals surface area contributed by atoms with Crippen LogP contribution < -0.4 is 9.80 Å². The summed E-state index contributed by atoms with van der Waals surface area (Å²) in [5, 5.41) is 9.06. The lowest BCUT2D eigenvalue weighted by atomic mass is 10.1. The zero-order valence-corrected chi connectivity index (χ0v) is 11.6. The van der Waals surface area contributed by atoms with Gasteiger partial charge in [-0.25, -0.2) is 9.78 Å². The highest BCUT2D eigenvalue weighted by Gasteiger charge is 2.18. The first-order chi connectivity index (χ1) is 10.2. The molecule has 1 aliphatic rings. The number of nitrogens with zero attached hydrogens (tertiary/aromatic N) is 3. The summed E-state index contributed by atoms with van der Waals surface area (Å²) in [4.78, 5) is 19.9. The van der Waals surface area contributed by atoms with Gasteiger partial charge in [-0.1, -0.05) is 12.1 Å². The van der Waals surface area contributed by atoms with Crippen LogP contribution in [0.1, 0.15) is 10.4 Å². The minimum absolute atomic E-state index is 0.333. The van der Waals surface area contributed by atoms with E-state index in [1.807, 2.05) is 24.3 Å². The van der Waals surface area contributed by atoms with Gasteiger partial charge in [0.1, 0.15) is 5.82 Å². The van der Waals surface area contributed by atoms with Crippen LogP contribution in [0, 0.1) is 0 Å². The summed E-state index contributed by atoms with van der Waals surface area (Å²) in [6.45, 7) is 3.49. The maximum absolute atomic E-state index is 11.0. The van der Waals surface area contributed by atoms with E-state index in [2.05, 4.69) is 14.8 Å². The molecule has 0 aliphatic carbocycles. The van der Waals surface area contributed by atoms with Crippen LogP contribution in [0.2, 0.25) is 0 Å². The van der Waals surface area contributed by atoms with Crippen molar-refractivity contribution in [1.29, 1.82) is 0 Å². The van der Waals surface area contributed by atoms with Gasteiger partial charge in [0.05, 0.1) is 5.56 Å². The molecule has 1 fully saturated rings. The van der Waals surface area contributed by atoms with Crippen LogP contribution in [-0.2, 0) is 0 Å². The molecule has 2 heterocycles. The highest BCUT2D eigenvalue weighted by atomic mass is 16.4. The van der Waals surface area contributed by atoms with Crippen molar-refractivity contribution in [2.75, 3.05) is 36.0 Å². The summed E-state index contributed by atoms with van der Waals surface area (Å²) in [5.74, 6) is 0.111. The topological polar surface area (TPSA) is 56.7 Å². The first kappa shape index (κ1) is 13.4. The summed E-state index contributed by atoms with van der Waals surface area (Å²) in [6, 6.07) is 13.0. The molecule has 0 saturated carbocycles. The van der Waals surface area contributed by atoms with E-state index < -0.39 is 5.97 Å². The molecule has 1 aromatic heterocycles. The van der Waals surface area contributed by atoms with E-state index in [0.29, 0.717) is 5.56 Å². The van der Waals surface area contributed by atoms with E-state index in [-0.39, 0.29) is 0 Å². The van der Waals surface area contributed by atoms with Crippen molar-refractivity contribution in [2.24, 2.45) is 0 Å². The number of aromatic nitrogens is 1. The fourth-order valence-corrected chi connectivity index (χ4v) is 2.57. The zero-order chi connectivity index (χ0) is 14.7. The Morgan fingerprint density at radius 1 is 1.00 bits per heavy atom. The van der Waals surface area contributed by atoms with Gasteiger partial charge in [-0.05, 0) is 30.3 Å². The lowest BCUT2D eigenvalue weighted by Crippen LogP contribution is -2.46. The Kier molecular flexibility index (Phi) is 3.73. The quantitative estimate of drug-likeness (QED) is 0.935. The van der Waals surface area contributed by atoms with E-state index in [1.54, 1.807) is 24.4 Å². The molecule has 0 amide bonds. The van der Waals surface area contributed by atoms with Crippen LogP contribution in [0.15, 0.2) is 48.7 Å². The SMILES string of the molecule is O=C(O)c1cccc(N2CCN(c3ccccn3)CC2)c1. The average Bonchev–Trinajstić information content (AvgIpc) is 2.56. The van der Waals surface area contributed by atoms with Crippen molar-refractivity contribution < 1.29 is 9.90 Å². The summed E-state index contributed by atoms with van der Waals surface area (Å²) < 4.78 is 0. The van der Waals surface area contributed by atoms with Gasteiger partial charge in [-0.15, -0.1) is 0 Å².